The number of alkyl carbamates (subject to hydrolysis) is 1. The lowest BCUT2D eigenvalue weighted by molar-refractivity contribution is 0.000869. The van der Waals surface area contributed by atoms with Gasteiger partial charge in [0.05, 0.1) is 45.2 Å². The Balaban J connectivity index is 1.31. The maximum absolute atomic E-state index is 11.7. The predicted octanol–water partition coefficient (Wildman–Crippen LogP) is 2.82. The third-order valence-electron chi connectivity index (χ3n) is 3.94. The summed E-state index contributed by atoms with van der Waals surface area (Å²) in [6.45, 7) is 3.12. The van der Waals surface area contributed by atoms with E-state index in [0.717, 1.165) is 5.56 Å². The molecule has 31 heavy (non-hydrogen) atoms. The van der Waals surface area contributed by atoms with E-state index in [2.05, 4.69) is 5.32 Å². The predicted molar refractivity (Wildman–Crippen MR) is 114 cm³/mol. The number of ether oxygens (including phenoxy) is 5. The fourth-order valence-electron chi connectivity index (χ4n) is 2.39. The van der Waals surface area contributed by atoms with Crippen LogP contribution in [0.2, 0.25) is 0 Å². The molecule has 0 spiro atoms. The van der Waals surface area contributed by atoms with Crippen molar-refractivity contribution in [1.82, 2.24) is 5.32 Å². The van der Waals surface area contributed by atoms with Crippen LogP contribution >= 0.6 is 0 Å². The minimum atomic E-state index is -0.477. The average molecular weight is 431 g/mol. The van der Waals surface area contributed by atoms with Crippen molar-refractivity contribution in [2.45, 2.75) is 6.61 Å². The van der Waals surface area contributed by atoms with E-state index in [4.69, 9.17) is 23.7 Å². The molecule has 1 N–H and O–H groups in total. The number of carbonyl (C=O) groups excluding carboxylic acids is 2. The van der Waals surface area contributed by atoms with Crippen molar-refractivity contribution in [3.63, 3.8) is 0 Å². The third kappa shape index (κ3) is 11.7. The molecule has 0 heterocycles. The molecule has 0 radical (unpaired) electrons. The van der Waals surface area contributed by atoms with Crippen LogP contribution in [0.5, 0.6) is 0 Å². The molecule has 0 aliphatic rings. The third-order valence-corrected chi connectivity index (χ3v) is 3.94. The van der Waals surface area contributed by atoms with E-state index in [1.54, 1.807) is 24.3 Å². The summed E-state index contributed by atoms with van der Waals surface area (Å²) >= 11 is 0. The molecule has 0 saturated heterocycles. The topological polar surface area (TPSA) is 92.3 Å². The van der Waals surface area contributed by atoms with Gasteiger partial charge in [-0.2, -0.15) is 0 Å². The van der Waals surface area contributed by atoms with Gasteiger partial charge in [0.1, 0.15) is 13.2 Å². The monoisotopic (exact) mass is 431 g/mol. The first-order valence-corrected chi connectivity index (χ1v) is 10.2. The maximum atomic E-state index is 11.7. The van der Waals surface area contributed by atoms with Crippen molar-refractivity contribution in [3.05, 3.63) is 71.8 Å². The lowest BCUT2D eigenvalue weighted by Gasteiger charge is -2.09. The second kappa shape index (κ2) is 15.8. The highest BCUT2D eigenvalue weighted by atomic mass is 16.6. The van der Waals surface area contributed by atoms with Crippen molar-refractivity contribution >= 4 is 12.1 Å². The second-order valence-electron chi connectivity index (χ2n) is 6.33. The first-order valence-electron chi connectivity index (χ1n) is 10.2. The summed E-state index contributed by atoms with van der Waals surface area (Å²) in [4.78, 5) is 23.3. The molecule has 0 aromatic heterocycles. The smallest absolute Gasteiger partial charge is 0.407 e. The highest BCUT2D eigenvalue weighted by molar-refractivity contribution is 5.89. The van der Waals surface area contributed by atoms with E-state index in [-0.39, 0.29) is 19.2 Å². The molecule has 8 heteroatoms. The van der Waals surface area contributed by atoms with E-state index in [1.807, 2.05) is 36.4 Å². The van der Waals surface area contributed by atoms with Crippen LogP contribution in [-0.2, 0) is 30.3 Å². The van der Waals surface area contributed by atoms with Crippen molar-refractivity contribution in [2.75, 3.05) is 52.8 Å². The van der Waals surface area contributed by atoms with Gasteiger partial charge in [-0.3, -0.25) is 0 Å². The molecule has 8 nitrogen and oxygen atoms in total. The number of rotatable bonds is 15. The Morgan fingerprint density at radius 2 is 1.19 bits per heavy atom. The number of esters is 1. The quantitative estimate of drug-likeness (QED) is 0.342. The molecule has 168 valence electrons. The number of benzene rings is 2. The van der Waals surface area contributed by atoms with Gasteiger partial charge in [-0.1, -0.05) is 48.5 Å². The molecule has 0 aliphatic carbocycles. The fourth-order valence-corrected chi connectivity index (χ4v) is 2.39. The summed E-state index contributed by atoms with van der Waals surface area (Å²) in [5.41, 5.74) is 1.45. The SMILES string of the molecule is O=C(NCCOCCOCCOCCOC(=O)c1ccccc1)OCc1ccccc1. The van der Waals surface area contributed by atoms with Crippen LogP contribution in [0.3, 0.4) is 0 Å². The largest absolute Gasteiger partial charge is 0.460 e. The molecule has 0 fully saturated rings. The van der Waals surface area contributed by atoms with Crippen LogP contribution in [0.25, 0.3) is 0 Å². The molecule has 2 aromatic rings. The zero-order valence-electron chi connectivity index (χ0n) is 17.5. The molecular weight excluding hydrogens is 402 g/mol. The molecule has 0 atom stereocenters. The van der Waals surface area contributed by atoms with Crippen molar-refractivity contribution in [3.8, 4) is 0 Å². The van der Waals surface area contributed by atoms with Gasteiger partial charge in [-0.15, -0.1) is 0 Å². The zero-order chi connectivity index (χ0) is 22.0. The summed E-state index contributed by atoms with van der Waals surface area (Å²) in [6.07, 6.45) is -0.477. The Morgan fingerprint density at radius 1 is 0.645 bits per heavy atom. The number of amides is 1. The van der Waals surface area contributed by atoms with Crippen LogP contribution in [0.1, 0.15) is 15.9 Å². The Kier molecular flexibility index (Phi) is 12.4. The van der Waals surface area contributed by atoms with Crippen molar-refractivity contribution < 1.29 is 33.3 Å². The molecular formula is C23H29NO7. The minimum absolute atomic E-state index is 0.192. The maximum Gasteiger partial charge on any atom is 0.407 e. The van der Waals surface area contributed by atoms with E-state index in [0.29, 0.717) is 51.7 Å². The Labute approximate surface area is 182 Å². The van der Waals surface area contributed by atoms with Crippen LogP contribution in [0, 0.1) is 0 Å². The van der Waals surface area contributed by atoms with Gasteiger partial charge in [-0.05, 0) is 17.7 Å². The van der Waals surface area contributed by atoms with Gasteiger partial charge in [0.2, 0.25) is 0 Å². The van der Waals surface area contributed by atoms with E-state index in [1.165, 1.54) is 0 Å². The van der Waals surface area contributed by atoms with Gasteiger partial charge in [0, 0.05) is 6.54 Å². The number of nitrogens with one attached hydrogen (secondary N) is 1. The van der Waals surface area contributed by atoms with Gasteiger partial charge in [0.25, 0.3) is 0 Å². The van der Waals surface area contributed by atoms with Crippen LogP contribution < -0.4 is 5.32 Å². The Morgan fingerprint density at radius 3 is 1.84 bits per heavy atom. The van der Waals surface area contributed by atoms with Gasteiger partial charge < -0.3 is 29.0 Å². The van der Waals surface area contributed by atoms with Crippen LogP contribution in [-0.4, -0.2) is 64.9 Å². The molecule has 2 aromatic carbocycles. The lowest BCUT2D eigenvalue weighted by Crippen LogP contribution is -2.28. The summed E-state index contributed by atoms with van der Waals surface area (Å²) in [6, 6.07) is 18.3. The first-order chi connectivity index (χ1) is 15.3. The van der Waals surface area contributed by atoms with Crippen LogP contribution in [0.15, 0.2) is 60.7 Å². The summed E-state index contributed by atoms with van der Waals surface area (Å²) < 4.78 is 26.3. The van der Waals surface area contributed by atoms with Crippen molar-refractivity contribution in [1.29, 1.82) is 0 Å². The average Bonchev–Trinajstić information content (AvgIpc) is 2.81. The summed E-state index contributed by atoms with van der Waals surface area (Å²) in [7, 11) is 0. The summed E-state index contributed by atoms with van der Waals surface area (Å²) in [5.74, 6) is -0.364. The highest BCUT2D eigenvalue weighted by Gasteiger charge is 2.05. The molecule has 0 bridgehead atoms. The van der Waals surface area contributed by atoms with E-state index in [9.17, 15) is 9.59 Å². The molecule has 0 saturated carbocycles. The molecule has 0 unspecified atom stereocenters. The standard InChI is InChI=1S/C23H29NO7/c25-22(21-9-5-2-6-10-21)30-18-17-29-16-15-28-14-13-27-12-11-24-23(26)31-19-20-7-3-1-4-8-20/h1-10H,11-19H2,(H,24,26). The normalized spacial score (nSPS) is 10.5. The highest BCUT2D eigenvalue weighted by Crippen LogP contribution is 2.01. The van der Waals surface area contributed by atoms with E-state index >= 15 is 0 Å². The Hall–Kier alpha value is -2.94. The first kappa shape index (κ1) is 24.3. The number of hydrogen-bond acceptors (Lipinski definition) is 7. The van der Waals surface area contributed by atoms with Gasteiger partial charge >= 0.3 is 12.1 Å². The lowest BCUT2D eigenvalue weighted by atomic mass is 10.2. The summed E-state index contributed by atoms with van der Waals surface area (Å²) in [5, 5.41) is 2.62. The fraction of sp³-hybridized carbons (Fsp3) is 0.391. The van der Waals surface area contributed by atoms with Gasteiger partial charge in [-0.25, -0.2) is 9.59 Å². The van der Waals surface area contributed by atoms with Gasteiger partial charge in [0.15, 0.2) is 0 Å². The molecule has 2 rings (SSSR count). The second-order valence-corrected chi connectivity index (χ2v) is 6.33. The molecule has 0 aliphatic heterocycles. The number of carbonyl (C=O) groups is 2. The van der Waals surface area contributed by atoms with Crippen molar-refractivity contribution in [2.24, 2.45) is 0 Å². The minimum Gasteiger partial charge on any atom is -0.460 e. The Bertz CT molecular complexity index is 740. The number of hydrogen-bond donors (Lipinski definition) is 1. The van der Waals surface area contributed by atoms with Crippen LogP contribution in [0.4, 0.5) is 4.79 Å². The van der Waals surface area contributed by atoms with E-state index < -0.39 is 6.09 Å². The molecule has 1 amide bonds. The zero-order valence-corrected chi connectivity index (χ0v) is 17.5.